The third kappa shape index (κ3) is 35.4. The van der Waals surface area contributed by atoms with Crippen molar-refractivity contribution >= 4 is 11.9 Å². The summed E-state index contributed by atoms with van der Waals surface area (Å²) in [6.07, 6.45) is 38.1. The molecule has 306 valence electrons. The summed E-state index contributed by atoms with van der Waals surface area (Å²) < 4.78 is 11.1. The first kappa shape index (κ1) is 50.3. The molecule has 0 aliphatic rings. The Hall–Kier alpha value is -1.66. The Bertz CT molecular complexity index is 790. The van der Waals surface area contributed by atoms with E-state index in [1.165, 1.54) is 114 Å². The molecule has 0 aromatic carbocycles. The van der Waals surface area contributed by atoms with Crippen LogP contribution in [0.5, 0.6) is 0 Å². The second kappa shape index (κ2) is 40.5. The van der Waals surface area contributed by atoms with Gasteiger partial charge < -0.3 is 19.5 Å². The number of hydrogen-bond donors (Lipinski definition) is 1. The van der Waals surface area contributed by atoms with E-state index in [0.29, 0.717) is 13.2 Å². The van der Waals surface area contributed by atoms with Gasteiger partial charge in [-0.05, 0) is 110 Å². The first-order valence-corrected chi connectivity index (χ1v) is 22.6. The van der Waals surface area contributed by atoms with Gasteiger partial charge in [0, 0.05) is 18.8 Å². The van der Waals surface area contributed by atoms with Gasteiger partial charge in [-0.25, -0.2) is 9.59 Å². The molecule has 0 saturated heterocycles. The predicted molar refractivity (Wildman–Crippen MR) is 223 cm³/mol. The first-order valence-electron chi connectivity index (χ1n) is 22.6. The molecule has 0 fully saturated rings. The van der Waals surface area contributed by atoms with Crippen LogP contribution in [0.3, 0.4) is 0 Å². The van der Waals surface area contributed by atoms with Crippen LogP contribution in [-0.2, 0) is 19.1 Å². The number of aliphatic hydroxyl groups excluding tert-OH is 1. The molecule has 6 nitrogen and oxygen atoms in total. The lowest BCUT2D eigenvalue weighted by Gasteiger charge is -2.22. The predicted octanol–water partition coefficient (Wildman–Crippen LogP) is 13.0. The van der Waals surface area contributed by atoms with Gasteiger partial charge in [0.15, 0.2) is 0 Å². The van der Waals surface area contributed by atoms with Crippen LogP contribution in [0.2, 0.25) is 0 Å². The lowest BCUT2D eigenvalue weighted by Crippen LogP contribution is -2.27. The number of hydrogen-bond acceptors (Lipinski definition) is 6. The highest BCUT2D eigenvalue weighted by atomic mass is 16.5. The van der Waals surface area contributed by atoms with Crippen molar-refractivity contribution in [2.45, 2.75) is 220 Å². The highest BCUT2D eigenvalue weighted by Crippen LogP contribution is 2.18. The van der Waals surface area contributed by atoms with E-state index >= 15 is 0 Å². The molecule has 52 heavy (non-hydrogen) atoms. The molecule has 0 aromatic heterocycles. The number of nitrogens with zero attached hydrogens (tertiary/aromatic N) is 1. The Morgan fingerprint density at radius 2 is 0.750 bits per heavy atom. The fraction of sp³-hybridized carbons (Fsp3) is 0.870. The molecule has 0 spiro atoms. The molecule has 0 radical (unpaired) electrons. The van der Waals surface area contributed by atoms with Crippen molar-refractivity contribution in [1.29, 1.82) is 0 Å². The minimum Gasteiger partial charge on any atom is -0.463 e. The molecule has 0 aliphatic heterocycles. The van der Waals surface area contributed by atoms with Gasteiger partial charge in [-0.15, -0.1) is 0 Å². The lowest BCUT2D eigenvalue weighted by atomic mass is 10.0. The maximum atomic E-state index is 12.4. The van der Waals surface area contributed by atoms with E-state index in [1.807, 2.05) is 0 Å². The van der Waals surface area contributed by atoms with Crippen molar-refractivity contribution in [3.05, 3.63) is 23.3 Å². The maximum absolute atomic E-state index is 12.4. The summed E-state index contributed by atoms with van der Waals surface area (Å²) in [5, 5.41) is 9.26. The van der Waals surface area contributed by atoms with Crippen molar-refractivity contribution < 1.29 is 24.2 Å². The number of carbonyl (C=O) groups excluding carboxylic acids is 2. The summed E-state index contributed by atoms with van der Waals surface area (Å²) >= 11 is 0. The smallest absolute Gasteiger partial charge is 0.330 e. The zero-order valence-electron chi connectivity index (χ0n) is 35.1. The fourth-order valence-corrected chi connectivity index (χ4v) is 6.74. The van der Waals surface area contributed by atoms with Gasteiger partial charge in [0.2, 0.25) is 0 Å². The van der Waals surface area contributed by atoms with Crippen molar-refractivity contribution in [3.63, 3.8) is 0 Å². The highest BCUT2D eigenvalue weighted by molar-refractivity contribution is 5.83. The van der Waals surface area contributed by atoms with E-state index in [0.717, 1.165) is 110 Å². The quantitative estimate of drug-likeness (QED) is 0.0384. The van der Waals surface area contributed by atoms with E-state index in [-0.39, 0.29) is 18.5 Å². The van der Waals surface area contributed by atoms with Crippen molar-refractivity contribution in [1.82, 2.24) is 4.90 Å². The van der Waals surface area contributed by atoms with Crippen LogP contribution < -0.4 is 0 Å². The fourth-order valence-electron chi connectivity index (χ4n) is 6.74. The molecule has 0 amide bonds. The van der Waals surface area contributed by atoms with Gasteiger partial charge in [0.05, 0.1) is 13.2 Å². The van der Waals surface area contributed by atoms with E-state index in [9.17, 15) is 14.7 Å². The van der Waals surface area contributed by atoms with Crippen LogP contribution in [-0.4, -0.2) is 61.4 Å². The van der Waals surface area contributed by atoms with Gasteiger partial charge in [-0.2, -0.15) is 0 Å². The van der Waals surface area contributed by atoms with E-state index < -0.39 is 0 Å². The van der Waals surface area contributed by atoms with E-state index in [1.54, 1.807) is 12.2 Å². The molecule has 0 atom stereocenters. The van der Waals surface area contributed by atoms with Gasteiger partial charge >= 0.3 is 11.9 Å². The SMILES string of the molecule is CCCCCCC(=CC(=O)OCCCCCCCCN(CCCCO)CCCCCCCCOC(=O)/C=C(\CCCC)CCCCCC)CCCC. The van der Waals surface area contributed by atoms with Gasteiger partial charge in [0.25, 0.3) is 0 Å². The second-order valence-corrected chi connectivity index (χ2v) is 15.3. The zero-order valence-corrected chi connectivity index (χ0v) is 35.1. The molecule has 0 unspecified atom stereocenters. The molecule has 0 heterocycles. The molecule has 0 aromatic rings. The third-order valence-electron chi connectivity index (χ3n) is 10.2. The molecule has 0 aliphatic carbocycles. The largest absolute Gasteiger partial charge is 0.463 e. The van der Waals surface area contributed by atoms with E-state index in [4.69, 9.17) is 9.47 Å². The zero-order chi connectivity index (χ0) is 38.2. The minimum atomic E-state index is -0.145. The van der Waals surface area contributed by atoms with Crippen LogP contribution in [0.25, 0.3) is 0 Å². The van der Waals surface area contributed by atoms with Crippen LogP contribution in [0.15, 0.2) is 23.3 Å². The number of aliphatic hydroxyl groups is 1. The van der Waals surface area contributed by atoms with Crippen molar-refractivity contribution in [2.75, 3.05) is 39.5 Å². The number of esters is 2. The minimum absolute atomic E-state index is 0.145. The number of ether oxygens (including phenoxy) is 2. The topological polar surface area (TPSA) is 76.1 Å². The van der Waals surface area contributed by atoms with Gasteiger partial charge in [-0.3, -0.25) is 0 Å². The Labute approximate surface area is 323 Å². The molecular formula is C46H87NO5. The van der Waals surface area contributed by atoms with Crippen molar-refractivity contribution in [2.24, 2.45) is 0 Å². The maximum Gasteiger partial charge on any atom is 0.330 e. The van der Waals surface area contributed by atoms with Crippen LogP contribution in [0.4, 0.5) is 0 Å². The monoisotopic (exact) mass is 734 g/mol. The number of allylic oxidation sites excluding steroid dienone is 2. The summed E-state index contributed by atoms with van der Waals surface area (Å²) in [5.74, 6) is -0.290. The second-order valence-electron chi connectivity index (χ2n) is 15.3. The van der Waals surface area contributed by atoms with Crippen LogP contribution >= 0.6 is 0 Å². The molecule has 0 bridgehead atoms. The molecular weight excluding hydrogens is 647 g/mol. The lowest BCUT2D eigenvalue weighted by molar-refractivity contribution is -0.138. The molecule has 6 heteroatoms. The highest BCUT2D eigenvalue weighted by Gasteiger charge is 2.07. The first-order chi connectivity index (χ1) is 25.5. The summed E-state index contributed by atoms with van der Waals surface area (Å²) in [4.78, 5) is 27.4. The molecule has 0 saturated carbocycles. The molecule has 0 rings (SSSR count). The average Bonchev–Trinajstić information content (AvgIpc) is 3.14. The summed E-state index contributed by atoms with van der Waals surface area (Å²) in [7, 11) is 0. The van der Waals surface area contributed by atoms with Crippen molar-refractivity contribution in [3.8, 4) is 0 Å². The Morgan fingerprint density at radius 3 is 1.13 bits per heavy atom. The van der Waals surface area contributed by atoms with E-state index in [2.05, 4.69) is 32.6 Å². The summed E-state index contributed by atoms with van der Waals surface area (Å²) in [6, 6.07) is 0. The number of rotatable bonds is 40. The van der Waals surface area contributed by atoms with Gasteiger partial charge in [-0.1, -0.05) is 142 Å². The third-order valence-corrected chi connectivity index (χ3v) is 10.2. The molecule has 1 N–H and O–H groups in total. The normalized spacial score (nSPS) is 12.2. The Balaban J connectivity index is 4.10. The number of carbonyl (C=O) groups is 2. The standard InChI is InChI=1S/C46H87NO5/c1-5-9-13-23-33-43(31-11-7-3)41-45(49)51-39-29-21-17-15-19-25-35-47(37-27-28-38-48)36-26-20-16-18-22-30-40-52-46(50)42-44(32-12-8-4)34-24-14-10-6-2/h41-42,48H,5-40H2,1-4H3/b43-41+,44-42?. The van der Waals surface area contributed by atoms with Gasteiger partial charge in [0.1, 0.15) is 0 Å². The summed E-state index contributed by atoms with van der Waals surface area (Å²) in [6.45, 7) is 13.6. The Morgan fingerprint density at radius 1 is 0.423 bits per heavy atom. The summed E-state index contributed by atoms with van der Waals surface area (Å²) in [5.41, 5.74) is 2.54. The Kier molecular flexibility index (Phi) is 39.2. The van der Waals surface area contributed by atoms with Crippen LogP contribution in [0, 0.1) is 0 Å². The number of unbranched alkanes of at least 4 members (excludes halogenated alkanes) is 19. The average molecular weight is 734 g/mol. The van der Waals surface area contributed by atoms with Crippen LogP contribution in [0.1, 0.15) is 220 Å².